The van der Waals surface area contributed by atoms with Gasteiger partial charge in [-0.3, -0.25) is 0 Å². The van der Waals surface area contributed by atoms with Crippen LogP contribution in [0.2, 0.25) is 0 Å². The first kappa shape index (κ1) is 18.1. The molecule has 0 nitrogen and oxygen atoms in total. The maximum atomic E-state index is 13.3. The zero-order chi connectivity index (χ0) is 16.7. The molecular weight excluding hydrogens is 297 g/mol. The predicted molar refractivity (Wildman–Crippen MR) is 89.3 cm³/mol. The van der Waals surface area contributed by atoms with E-state index in [2.05, 4.69) is 31.2 Å². The normalized spacial score (nSPS) is 21.2. The standard InChI is InChI=1S/C20H27F3/c1-2-3-4-5-6-15-7-9-16(10-8-15)17-11-13-18(14-12-17)19(21)20(22)23/h7-10,17-18H,2-6,11-14H2,1H3. The van der Waals surface area contributed by atoms with Crippen LogP contribution in [0.4, 0.5) is 13.2 Å². The van der Waals surface area contributed by atoms with Crippen molar-refractivity contribution in [3.8, 4) is 0 Å². The summed E-state index contributed by atoms with van der Waals surface area (Å²) in [5, 5.41) is 0. The maximum Gasteiger partial charge on any atom is 0.301 e. The molecule has 1 saturated carbocycles. The fourth-order valence-corrected chi connectivity index (χ4v) is 3.55. The molecule has 0 aromatic heterocycles. The Balaban J connectivity index is 1.83. The molecule has 0 saturated heterocycles. The van der Waals surface area contributed by atoms with Crippen molar-refractivity contribution in [3.05, 3.63) is 47.3 Å². The number of aryl methyl sites for hydroxylation is 1. The van der Waals surface area contributed by atoms with Crippen LogP contribution in [0.3, 0.4) is 0 Å². The van der Waals surface area contributed by atoms with Crippen molar-refractivity contribution in [2.75, 3.05) is 0 Å². The molecule has 1 aliphatic rings. The van der Waals surface area contributed by atoms with Crippen molar-refractivity contribution < 1.29 is 13.2 Å². The summed E-state index contributed by atoms with van der Waals surface area (Å²) in [5.41, 5.74) is 2.64. The van der Waals surface area contributed by atoms with Gasteiger partial charge in [-0.2, -0.15) is 8.78 Å². The third-order valence-corrected chi connectivity index (χ3v) is 5.04. The lowest BCUT2D eigenvalue weighted by atomic mass is 9.78. The van der Waals surface area contributed by atoms with Crippen LogP contribution < -0.4 is 0 Å². The Morgan fingerprint density at radius 2 is 1.57 bits per heavy atom. The number of halogens is 3. The van der Waals surface area contributed by atoms with Gasteiger partial charge in [0, 0.05) is 5.92 Å². The fourth-order valence-electron chi connectivity index (χ4n) is 3.55. The first-order valence-electron chi connectivity index (χ1n) is 8.91. The van der Waals surface area contributed by atoms with Crippen molar-refractivity contribution in [1.82, 2.24) is 0 Å². The van der Waals surface area contributed by atoms with Gasteiger partial charge >= 0.3 is 6.08 Å². The van der Waals surface area contributed by atoms with E-state index in [1.807, 2.05) is 0 Å². The highest BCUT2D eigenvalue weighted by molar-refractivity contribution is 5.26. The Hall–Kier alpha value is -1.25. The summed E-state index contributed by atoms with van der Waals surface area (Å²) in [4.78, 5) is 0. The van der Waals surface area contributed by atoms with E-state index in [0.717, 1.165) is 19.3 Å². The van der Waals surface area contributed by atoms with E-state index in [1.54, 1.807) is 0 Å². The second-order valence-corrected chi connectivity index (χ2v) is 6.71. The summed E-state index contributed by atoms with van der Waals surface area (Å²) in [6, 6.07) is 8.72. The Bertz CT molecular complexity index is 492. The Morgan fingerprint density at radius 3 is 2.13 bits per heavy atom. The van der Waals surface area contributed by atoms with E-state index in [0.29, 0.717) is 18.8 Å². The molecule has 0 unspecified atom stereocenters. The van der Waals surface area contributed by atoms with Gasteiger partial charge in [0.15, 0.2) is 5.83 Å². The van der Waals surface area contributed by atoms with Crippen molar-refractivity contribution in [2.24, 2.45) is 5.92 Å². The summed E-state index contributed by atoms with van der Waals surface area (Å²) in [6.07, 6.45) is 6.68. The molecule has 0 aliphatic heterocycles. The number of benzene rings is 1. The minimum absolute atomic E-state index is 0.385. The molecule has 1 aromatic carbocycles. The quantitative estimate of drug-likeness (QED) is 0.467. The molecule has 0 atom stereocenters. The Kier molecular flexibility index (Phi) is 7.19. The molecule has 1 fully saturated rings. The summed E-state index contributed by atoms with van der Waals surface area (Å²) in [6.45, 7) is 2.22. The lowest BCUT2D eigenvalue weighted by Gasteiger charge is -2.27. The lowest BCUT2D eigenvalue weighted by molar-refractivity contribution is 0.281. The van der Waals surface area contributed by atoms with E-state index in [9.17, 15) is 13.2 Å². The first-order valence-corrected chi connectivity index (χ1v) is 8.91. The lowest BCUT2D eigenvalue weighted by Crippen LogP contribution is -2.14. The van der Waals surface area contributed by atoms with Gasteiger partial charge < -0.3 is 0 Å². The number of rotatable bonds is 7. The van der Waals surface area contributed by atoms with Crippen LogP contribution in [-0.2, 0) is 6.42 Å². The minimum atomic E-state index is -2.14. The van der Waals surface area contributed by atoms with Gasteiger partial charge in [0.1, 0.15) is 0 Å². The SMILES string of the molecule is CCCCCCc1ccc(C2CCC(C(F)=C(F)F)CC2)cc1. The van der Waals surface area contributed by atoms with Gasteiger partial charge in [-0.25, -0.2) is 4.39 Å². The largest absolute Gasteiger partial charge is 0.301 e. The highest BCUT2D eigenvalue weighted by Crippen LogP contribution is 2.40. The summed E-state index contributed by atoms with van der Waals surface area (Å²) < 4.78 is 38.0. The highest BCUT2D eigenvalue weighted by atomic mass is 19.3. The number of allylic oxidation sites excluding steroid dienone is 1. The van der Waals surface area contributed by atoms with E-state index in [-0.39, 0.29) is 0 Å². The maximum absolute atomic E-state index is 13.3. The van der Waals surface area contributed by atoms with Crippen molar-refractivity contribution in [2.45, 2.75) is 70.6 Å². The Morgan fingerprint density at radius 1 is 0.913 bits per heavy atom. The van der Waals surface area contributed by atoms with Crippen LogP contribution >= 0.6 is 0 Å². The van der Waals surface area contributed by atoms with E-state index in [1.165, 1.54) is 36.8 Å². The average Bonchev–Trinajstić information content (AvgIpc) is 2.59. The fraction of sp³-hybridized carbons (Fsp3) is 0.600. The third-order valence-electron chi connectivity index (χ3n) is 5.04. The van der Waals surface area contributed by atoms with Crippen LogP contribution in [0.5, 0.6) is 0 Å². The molecule has 3 heteroatoms. The third kappa shape index (κ3) is 5.40. The highest BCUT2D eigenvalue weighted by Gasteiger charge is 2.27. The molecular formula is C20H27F3. The molecule has 0 bridgehead atoms. The summed E-state index contributed by atoms with van der Waals surface area (Å²) >= 11 is 0. The molecule has 0 heterocycles. The minimum Gasteiger partial charge on any atom is -0.206 e. The number of unbranched alkanes of at least 4 members (excludes halogenated alkanes) is 3. The zero-order valence-corrected chi connectivity index (χ0v) is 14.0. The summed E-state index contributed by atoms with van der Waals surface area (Å²) in [5.74, 6) is -1.38. The van der Waals surface area contributed by atoms with Crippen molar-refractivity contribution in [1.29, 1.82) is 0 Å². The van der Waals surface area contributed by atoms with Crippen molar-refractivity contribution in [3.63, 3.8) is 0 Å². The molecule has 0 amide bonds. The van der Waals surface area contributed by atoms with Gasteiger partial charge in [-0.1, -0.05) is 50.5 Å². The smallest absolute Gasteiger partial charge is 0.206 e. The second-order valence-electron chi connectivity index (χ2n) is 6.71. The van der Waals surface area contributed by atoms with Crippen LogP contribution in [0.15, 0.2) is 36.2 Å². The van der Waals surface area contributed by atoms with Gasteiger partial charge in [-0.15, -0.1) is 0 Å². The van der Waals surface area contributed by atoms with Gasteiger partial charge in [0.2, 0.25) is 0 Å². The van der Waals surface area contributed by atoms with Gasteiger partial charge in [-0.05, 0) is 55.6 Å². The average molecular weight is 324 g/mol. The first-order chi connectivity index (χ1) is 11.1. The predicted octanol–water partition coefficient (Wildman–Crippen LogP) is 7.16. The van der Waals surface area contributed by atoms with Crippen LogP contribution in [0.25, 0.3) is 0 Å². The van der Waals surface area contributed by atoms with Gasteiger partial charge in [0.05, 0.1) is 0 Å². The molecule has 0 spiro atoms. The monoisotopic (exact) mass is 324 g/mol. The van der Waals surface area contributed by atoms with Crippen LogP contribution in [0, 0.1) is 5.92 Å². The number of hydrogen-bond acceptors (Lipinski definition) is 0. The topological polar surface area (TPSA) is 0 Å². The number of hydrogen-bond donors (Lipinski definition) is 0. The molecule has 1 aromatic rings. The van der Waals surface area contributed by atoms with Crippen LogP contribution in [0.1, 0.15) is 75.3 Å². The van der Waals surface area contributed by atoms with E-state index >= 15 is 0 Å². The van der Waals surface area contributed by atoms with E-state index in [4.69, 9.17) is 0 Å². The Labute approximate surface area is 137 Å². The second kappa shape index (κ2) is 9.14. The van der Waals surface area contributed by atoms with Gasteiger partial charge in [0.25, 0.3) is 0 Å². The summed E-state index contributed by atoms with van der Waals surface area (Å²) in [7, 11) is 0. The molecule has 1 aliphatic carbocycles. The molecule has 23 heavy (non-hydrogen) atoms. The zero-order valence-electron chi connectivity index (χ0n) is 14.0. The molecule has 2 rings (SSSR count). The molecule has 128 valence electrons. The molecule has 0 N–H and O–H groups in total. The van der Waals surface area contributed by atoms with Crippen molar-refractivity contribution >= 4 is 0 Å². The van der Waals surface area contributed by atoms with E-state index < -0.39 is 17.8 Å². The molecule has 0 radical (unpaired) electrons. The van der Waals surface area contributed by atoms with Crippen LogP contribution in [-0.4, -0.2) is 0 Å².